The van der Waals surface area contributed by atoms with Crippen LogP contribution >= 0.6 is 0 Å². The lowest BCUT2D eigenvalue weighted by molar-refractivity contribution is -0.136. The summed E-state index contributed by atoms with van der Waals surface area (Å²) < 4.78 is 38.6. The Morgan fingerprint density at radius 3 is 2.39 bits per heavy atom. The molecule has 0 fully saturated rings. The minimum atomic E-state index is -4.31. The van der Waals surface area contributed by atoms with E-state index in [0.717, 1.165) is 24.5 Å². The predicted octanol–water partition coefficient (Wildman–Crippen LogP) is 5.09. The van der Waals surface area contributed by atoms with Crippen LogP contribution in [0.5, 0.6) is 0 Å². The molecule has 0 amide bonds. The van der Waals surface area contributed by atoms with E-state index < -0.39 is 11.7 Å². The van der Waals surface area contributed by atoms with Gasteiger partial charge in [0.25, 0.3) is 0 Å². The first-order valence-electron chi connectivity index (χ1n) is 6.16. The highest BCUT2D eigenvalue weighted by Crippen LogP contribution is 2.37. The molecule has 18 heavy (non-hydrogen) atoms. The molecule has 0 bridgehead atoms. The number of rotatable bonds is 3. The largest absolute Gasteiger partial charge is 0.418 e. The van der Waals surface area contributed by atoms with Crippen LogP contribution in [0.2, 0.25) is 0 Å². The van der Waals surface area contributed by atoms with E-state index in [1.54, 1.807) is 12.3 Å². The molecule has 2 aromatic rings. The quantitative estimate of drug-likeness (QED) is 0.786. The van der Waals surface area contributed by atoms with Gasteiger partial charge in [-0.15, -0.1) is 0 Å². The molecule has 1 N–H and O–H groups in total. The number of hydrogen-bond acceptors (Lipinski definition) is 0. The summed E-state index contributed by atoms with van der Waals surface area (Å²) in [5.74, 6) is 0.308. The normalized spacial score (nSPS) is 12.6. The van der Waals surface area contributed by atoms with E-state index in [4.69, 9.17) is 0 Å². The Hall–Kier alpha value is -1.45. The van der Waals surface area contributed by atoms with Crippen molar-refractivity contribution in [1.29, 1.82) is 0 Å². The van der Waals surface area contributed by atoms with Crippen LogP contribution in [0.15, 0.2) is 24.4 Å². The van der Waals surface area contributed by atoms with Crippen molar-refractivity contribution in [3.63, 3.8) is 0 Å². The number of H-pyrrole nitrogens is 1. The van der Waals surface area contributed by atoms with E-state index >= 15 is 0 Å². The molecule has 1 aromatic carbocycles. The van der Waals surface area contributed by atoms with Crippen molar-refractivity contribution in [2.24, 2.45) is 0 Å². The Kier molecular flexibility index (Phi) is 3.37. The standard InChI is InChI=1S/C14H16F3N/c1-3-9(4-2)11-8-18-13-10(11)6-5-7-12(13)14(15,16)17/h5-9,18H,3-4H2,1-2H3. The summed E-state index contributed by atoms with van der Waals surface area (Å²) in [6.45, 7) is 4.11. The molecule has 98 valence electrons. The van der Waals surface area contributed by atoms with Crippen molar-refractivity contribution in [1.82, 2.24) is 4.98 Å². The summed E-state index contributed by atoms with van der Waals surface area (Å²) in [6.07, 6.45) is -0.730. The van der Waals surface area contributed by atoms with Crippen LogP contribution in [0.1, 0.15) is 43.7 Å². The number of aromatic nitrogens is 1. The maximum absolute atomic E-state index is 12.9. The molecule has 0 saturated heterocycles. The number of hydrogen-bond donors (Lipinski definition) is 1. The van der Waals surface area contributed by atoms with Gasteiger partial charge in [-0.25, -0.2) is 0 Å². The van der Waals surface area contributed by atoms with Gasteiger partial charge >= 0.3 is 6.18 Å². The van der Waals surface area contributed by atoms with Crippen LogP contribution in [-0.2, 0) is 6.18 Å². The summed E-state index contributed by atoms with van der Waals surface area (Å²) in [6, 6.07) is 4.36. The number of benzene rings is 1. The zero-order chi connectivity index (χ0) is 13.3. The van der Waals surface area contributed by atoms with Crippen LogP contribution in [0.4, 0.5) is 13.2 Å². The van der Waals surface area contributed by atoms with E-state index in [-0.39, 0.29) is 5.52 Å². The molecule has 0 radical (unpaired) electrons. The summed E-state index contributed by atoms with van der Waals surface area (Å²) in [4.78, 5) is 2.79. The van der Waals surface area contributed by atoms with Gasteiger partial charge in [-0.2, -0.15) is 13.2 Å². The van der Waals surface area contributed by atoms with E-state index in [1.807, 2.05) is 0 Å². The fourth-order valence-corrected chi connectivity index (χ4v) is 2.48. The van der Waals surface area contributed by atoms with Gasteiger partial charge < -0.3 is 4.98 Å². The Labute approximate surface area is 104 Å². The third-order valence-electron chi connectivity index (χ3n) is 3.48. The van der Waals surface area contributed by atoms with Crippen molar-refractivity contribution < 1.29 is 13.2 Å². The fourth-order valence-electron chi connectivity index (χ4n) is 2.48. The lowest BCUT2D eigenvalue weighted by atomic mass is 9.93. The SMILES string of the molecule is CCC(CC)c1c[nH]c2c(C(F)(F)F)cccc12. The molecule has 0 saturated carbocycles. The van der Waals surface area contributed by atoms with Crippen molar-refractivity contribution in [2.45, 2.75) is 38.8 Å². The third kappa shape index (κ3) is 2.11. The zero-order valence-electron chi connectivity index (χ0n) is 10.4. The average molecular weight is 255 g/mol. The molecule has 1 heterocycles. The second-order valence-electron chi connectivity index (χ2n) is 4.48. The topological polar surface area (TPSA) is 15.8 Å². The summed E-state index contributed by atoms with van der Waals surface area (Å²) in [7, 11) is 0. The minimum absolute atomic E-state index is 0.201. The predicted molar refractivity (Wildman–Crippen MR) is 66.6 cm³/mol. The van der Waals surface area contributed by atoms with Gasteiger partial charge in [-0.1, -0.05) is 26.0 Å². The minimum Gasteiger partial charge on any atom is -0.360 e. The van der Waals surface area contributed by atoms with E-state index in [2.05, 4.69) is 18.8 Å². The molecule has 0 aliphatic carbocycles. The van der Waals surface area contributed by atoms with Crippen LogP contribution in [0, 0.1) is 0 Å². The summed E-state index contributed by atoms with van der Waals surface area (Å²) >= 11 is 0. The highest BCUT2D eigenvalue weighted by molar-refractivity contribution is 5.87. The highest BCUT2D eigenvalue weighted by atomic mass is 19.4. The number of fused-ring (bicyclic) bond motifs is 1. The van der Waals surface area contributed by atoms with Crippen LogP contribution in [0.3, 0.4) is 0 Å². The number of para-hydroxylation sites is 1. The van der Waals surface area contributed by atoms with Crippen molar-refractivity contribution in [3.05, 3.63) is 35.5 Å². The van der Waals surface area contributed by atoms with E-state index in [9.17, 15) is 13.2 Å². The number of alkyl halides is 3. The number of nitrogens with one attached hydrogen (secondary N) is 1. The van der Waals surface area contributed by atoms with Gasteiger partial charge in [0.1, 0.15) is 0 Å². The molecule has 0 unspecified atom stereocenters. The average Bonchev–Trinajstić information content (AvgIpc) is 2.73. The van der Waals surface area contributed by atoms with Crippen LogP contribution < -0.4 is 0 Å². The molecular weight excluding hydrogens is 239 g/mol. The highest BCUT2D eigenvalue weighted by Gasteiger charge is 2.33. The Morgan fingerprint density at radius 1 is 1.17 bits per heavy atom. The molecule has 0 aliphatic heterocycles. The van der Waals surface area contributed by atoms with Gasteiger partial charge in [0, 0.05) is 11.6 Å². The molecule has 0 aliphatic rings. The molecule has 0 spiro atoms. The zero-order valence-corrected chi connectivity index (χ0v) is 10.4. The van der Waals surface area contributed by atoms with Crippen molar-refractivity contribution in [2.75, 3.05) is 0 Å². The fraction of sp³-hybridized carbons (Fsp3) is 0.429. The van der Waals surface area contributed by atoms with E-state index in [1.165, 1.54) is 6.07 Å². The van der Waals surface area contributed by atoms with Crippen molar-refractivity contribution in [3.8, 4) is 0 Å². The molecular formula is C14H16F3N. The Balaban J connectivity index is 2.62. The Bertz CT molecular complexity index is 535. The molecule has 1 aromatic heterocycles. The van der Waals surface area contributed by atoms with E-state index in [0.29, 0.717) is 11.3 Å². The Morgan fingerprint density at radius 2 is 1.83 bits per heavy atom. The second kappa shape index (κ2) is 4.67. The maximum Gasteiger partial charge on any atom is 0.418 e. The molecule has 0 atom stereocenters. The van der Waals surface area contributed by atoms with Gasteiger partial charge in [-0.3, -0.25) is 0 Å². The molecule has 4 heteroatoms. The summed E-state index contributed by atoms with van der Waals surface area (Å²) in [5, 5.41) is 0.693. The number of halogens is 3. The van der Waals surface area contributed by atoms with Gasteiger partial charge in [-0.05, 0) is 30.4 Å². The smallest absolute Gasteiger partial charge is 0.360 e. The number of aromatic amines is 1. The van der Waals surface area contributed by atoms with Crippen LogP contribution in [0.25, 0.3) is 10.9 Å². The lowest BCUT2D eigenvalue weighted by Crippen LogP contribution is -2.05. The van der Waals surface area contributed by atoms with Gasteiger partial charge in [0.15, 0.2) is 0 Å². The maximum atomic E-state index is 12.9. The summed E-state index contributed by atoms with van der Waals surface area (Å²) in [5.41, 5.74) is 0.602. The molecule has 2 rings (SSSR count). The molecule has 1 nitrogen and oxygen atoms in total. The van der Waals surface area contributed by atoms with Gasteiger partial charge in [0.05, 0.1) is 11.1 Å². The first-order chi connectivity index (χ1) is 8.49. The van der Waals surface area contributed by atoms with Crippen LogP contribution in [-0.4, -0.2) is 4.98 Å². The van der Waals surface area contributed by atoms with Gasteiger partial charge in [0.2, 0.25) is 0 Å². The van der Waals surface area contributed by atoms with Crippen molar-refractivity contribution >= 4 is 10.9 Å². The first-order valence-corrected chi connectivity index (χ1v) is 6.16. The lowest BCUT2D eigenvalue weighted by Gasteiger charge is -2.12. The second-order valence-corrected chi connectivity index (χ2v) is 4.48. The monoisotopic (exact) mass is 255 g/mol. The third-order valence-corrected chi connectivity index (χ3v) is 3.48. The first kappa shape index (κ1) is 13.0.